The highest BCUT2D eigenvalue weighted by molar-refractivity contribution is 5.98. The first kappa shape index (κ1) is 22.6. The van der Waals surface area contributed by atoms with Crippen molar-refractivity contribution in [2.24, 2.45) is 28.6 Å². The first-order chi connectivity index (χ1) is 16.8. The molecule has 8 fully saturated rings. The third-order valence-electron chi connectivity index (χ3n) is 12.8. The van der Waals surface area contributed by atoms with Gasteiger partial charge in [-0.05, 0) is 64.4 Å². The summed E-state index contributed by atoms with van der Waals surface area (Å²) < 4.78 is 26.3. The van der Waals surface area contributed by atoms with Crippen molar-refractivity contribution in [2.45, 2.75) is 119 Å². The number of epoxide rings is 1. The number of fused-ring (bicyclic) bond motifs is 7. The Hall–Kier alpha value is -1.32. The molecule has 9 aliphatic rings. The number of esters is 1. The number of hydrogen-bond acceptors (Lipinski definition) is 8. The summed E-state index contributed by atoms with van der Waals surface area (Å²) >= 11 is 0. The van der Waals surface area contributed by atoms with Gasteiger partial charge in [0.2, 0.25) is 5.79 Å². The van der Waals surface area contributed by atoms with E-state index in [0.29, 0.717) is 19.3 Å². The van der Waals surface area contributed by atoms with Crippen molar-refractivity contribution in [1.82, 2.24) is 0 Å². The van der Waals surface area contributed by atoms with Crippen LogP contribution in [0.2, 0.25) is 0 Å². The molecule has 2 N–H and O–H groups in total. The number of carbonyl (C=O) groups is 2. The van der Waals surface area contributed by atoms with Crippen molar-refractivity contribution < 1.29 is 38.7 Å². The molecule has 5 heterocycles. The van der Waals surface area contributed by atoms with Gasteiger partial charge in [-0.25, -0.2) is 0 Å². The average molecular weight is 501 g/mol. The maximum absolute atomic E-state index is 13.5. The Morgan fingerprint density at radius 1 is 1.06 bits per heavy atom. The molecule has 4 aliphatic carbocycles. The molecule has 196 valence electrons. The second-order valence-electron chi connectivity index (χ2n) is 13.9. The van der Waals surface area contributed by atoms with E-state index in [1.807, 2.05) is 6.08 Å². The quantitative estimate of drug-likeness (QED) is 0.416. The van der Waals surface area contributed by atoms with Crippen LogP contribution in [0.25, 0.3) is 0 Å². The molecule has 0 aromatic rings. The number of ether oxygens (including phenoxy) is 4. The molecular weight excluding hydrogens is 464 g/mol. The third kappa shape index (κ3) is 2.01. The summed E-state index contributed by atoms with van der Waals surface area (Å²) in [6.45, 7) is 7.64. The van der Waals surface area contributed by atoms with E-state index in [1.54, 1.807) is 19.9 Å². The first-order valence-electron chi connectivity index (χ1n) is 13.7. The molecule has 5 saturated heterocycles. The minimum Gasteiger partial charge on any atom is -0.458 e. The van der Waals surface area contributed by atoms with E-state index in [1.165, 1.54) is 0 Å². The minimum absolute atomic E-state index is 0.0106. The van der Waals surface area contributed by atoms with Crippen LogP contribution in [0, 0.1) is 28.6 Å². The normalized spacial score (nSPS) is 65.9. The molecule has 2 spiro atoms. The first-order valence-corrected chi connectivity index (χ1v) is 13.7. The Morgan fingerprint density at radius 3 is 2.58 bits per heavy atom. The molecule has 13 atom stereocenters. The van der Waals surface area contributed by atoms with Crippen molar-refractivity contribution in [1.29, 1.82) is 0 Å². The second-order valence-corrected chi connectivity index (χ2v) is 13.9. The molecule has 3 saturated carbocycles. The van der Waals surface area contributed by atoms with Crippen LogP contribution in [-0.4, -0.2) is 68.5 Å². The zero-order valence-corrected chi connectivity index (χ0v) is 21.4. The van der Waals surface area contributed by atoms with Crippen LogP contribution in [0.3, 0.4) is 0 Å². The van der Waals surface area contributed by atoms with Gasteiger partial charge in [-0.15, -0.1) is 0 Å². The predicted molar refractivity (Wildman–Crippen MR) is 123 cm³/mol. The van der Waals surface area contributed by atoms with Gasteiger partial charge in [0.1, 0.15) is 17.8 Å². The molecule has 0 unspecified atom stereocenters. The molecule has 0 radical (unpaired) electrons. The maximum atomic E-state index is 13.5. The van der Waals surface area contributed by atoms with Crippen molar-refractivity contribution in [3.05, 3.63) is 12.2 Å². The number of aliphatic hydroxyl groups is 2. The fourth-order valence-electron chi connectivity index (χ4n) is 10.3. The van der Waals surface area contributed by atoms with Crippen LogP contribution >= 0.6 is 0 Å². The van der Waals surface area contributed by atoms with Gasteiger partial charge < -0.3 is 29.2 Å². The fourth-order valence-corrected chi connectivity index (χ4v) is 10.3. The molecule has 5 aliphatic heterocycles. The molecule has 4 bridgehead atoms. The van der Waals surface area contributed by atoms with Gasteiger partial charge in [-0.2, -0.15) is 0 Å². The summed E-state index contributed by atoms with van der Waals surface area (Å²) in [5.41, 5.74) is -5.89. The molecule has 8 heteroatoms. The van der Waals surface area contributed by atoms with Crippen molar-refractivity contribution in [2.75, 3.05) is 0 Å². The van der Waals surface area contributed by atoms with E-state index in [2.05, 4.69) is 13.8 Å². The average Bonchev–Trinajstić information content (AvgIpc) is 3.46. The molecule has 9 rings (SSSR count). The van der Waals surface area contributed by atoms with E-state index in [-0.39, 0.29) is 48.6 Å². The lowest BCUT2D eigenvalue weighted by atomic mass is 9.45. The molecular formula is C28H36O8. The summed E-state index contributed by atoms with van der Waals surface area (Å²) in [4.78, 5) is 26.3. The SMILES string of the molecule is C[C@@H]1CC[C@H]2[C@H]3[C@H](O[C@]4([C@]5(O)C[C@@]6(C)C(=O)O[C@@H]5C[C@@]6(C)O)CC[C@@]31O4)[C@H]1O[C@]13CC=CC(=O)[C@]23C. The molecule has 36 heavy (non-hydrogen) atoms. The summed E-state index contributed by atoms with van der Waals surface area (Å²) in [7, 11) is 0. The smallest absolute Gasteiger partial charge is 0.315 e. The van der Waals surface area contributed by atoms with Gasteiger partial charge in [0.25, 0.3) is 0 Å². The largest absolute Gasteiger partial charge is 0.458 e. The molecule has 0 aromatic heterocycles. The van der Waals surface area contributed by atoms with Crippen molar-refractivity contribution in [3.8, 4) is 0 Å². The van der Waals surface area contributed by atoms with E-state index in [4.69, 9.17) is 18.9 Å². The maximum Gasteiger partial charge on any atom is 0.315 e. The summed E-state index contributed by atoms with van der Waals surface area (Å²) in [5.74, 6) is -1.42. The Balaban J connectivity index is 1.26. The van der Waals surface area contributed by atoms with Gasteiger partial charge in [0.05, 0.1) is 28.1 Å². The van der Waals surface area contributed by atoms with E-state index in [0.717, 1.165) is 12.8 Å². The fraction of sp³-hybridized carbons (Fsp3) is 0.857. The summed E-state index contributed by atoms with van der Waals surface area (Å²) in [6, 6.07) is 0. The predicted octanol–water partition coefficient (Wildman–Crippen LogP) is 2.19. The highest BCUT2D eigenvalue weighted by Crippen LogP contribution is 2.75. The Bertz CT molecular complexity index is 1150. The number of carbonyl (C=O) groups excluding carboxylic acids is 2. The standard InChI is InChI=1S/C28H36O8/c1-14-7-8-15-18-19(20-27(35-20)9-5-6-16(29)24(15,27)4)34-28(11-10-25(14,18)36-28)26(32)13-22(2)21(30)33-17(26)12-23(22,3)31/h5-6,14-15,17-20,31-32H,7-13H2,1-4H3/t14-,15+,17-,18+,19+,20-,22+,23-,24+,25+,26+,27-,28-/m1/s1. The number of allylic oxidation sites excluding steroid dienone is 1. The summed E-state index contributed by atoms with van der Waals surface area (Å²) in [5, 5.41) is 23.6. The third-order valence-corrected chi connectivity index (χ3v) is 12.8. The van der Waals surface area contributed by atoms with Crippen LogP contribution in [0.1, 0.15) is 72.6 Å². The van der Waals surface area contributed by atoms with Gasteiger partial charge >= 0.3 is 5.97 Å². The lowest BCUT2D eigenvalue weighted by molar-refractivity contribution is -0.438. The topological polar surface area (TPSA) is 115 Å². The molecule has 8 nitrogen and oxygen atoms in total. The van der Waals surface area contributed by atoms with Crippen molar-refractivity contribution >= 4 is 11.8 Å². The van der Waals surface area contributed by atoms with E-state index >= 15 is 0 Å². The van der Waals surface area contributed by atoms with Crippen molar-refractivity contribution in [3.63, 3.8) is 0 Å². The number of ketones is 1. The lowest BCUT2D eigenvalue weighted by Gasteiger charge is -2.67. The summed E-state index contributed by atoms with van der Waals surface area (Å²) in [6.07, 6.45) is 6.05. The Kier molecular flexibility index (Phi) is 3.75. The van der Waals surface area contributed by atoms with Crippen LogP contribution in [0.5, 0.6) is 0 Å². The second kappa shape index (κ2) is 5.96. The lowest BCUT2D eigenvalue weighted by Crippen LogP contribution is -2.80. The van der Waals surface area contributed by atoms with Gasteiger partial charge in [-0.3, -0.25) is 9.59 Å². The Morgan fingerprint density at radius 2 is 1.83 bits per heavy atom. The van der Waals surface area contributed by atoms with Gasteiger partial charge in [0, 0.05) is 25.2 Å². The van der Waals surface area contributed by atoms with Gasteiger partial charge in [-0.1, -0.05) is 13.0 Å². The highest BCUT2D eigenvalue weighted by Gasteiger charge is 2.87. The van der Waals surface area contributed by atoms with E-state index < -0.39 is 51.1 Å². The van der Waals surface area contributed by atoms with Crippen LogP contribution in [-0.2, 0) is 28.5 Å². The highest BCUT2D eigenvalue weighted by atomic mass is 16.8. The monoisotopic (exact) mass is 500 g/mol. The van der Waals surface area contributed by atoms with Crippen LogP contribution in [0.4, 0.5) is 0 Å². The number of rotatable bonds is 1. The van der Waals surface area contributed by atoms with Crippen LogP contribution in [0.15, 0.2) is 12.2 Å². The Labute approximate surface area is 210 Å². The molecule has 0 amide bonds. The zero-order valence-electron chi connectivity index (χ0n) is 21.4. The van der Waals surface area contributed by atoms with E-state index in [9.17, 15) is 19.8 Å². The minimum atomic E-state index is -1.59. The van der Waals surface area contributed by atoms with Gasteiger partial charge in [0.15, 0.2) is 11.4 Å². The zero-order chi connectivity index (χ0) is 25.3. The van der Waals surface area contributed by atoms with Crippen LogP contribution < -0.4 is 0 Å². The number of hydrogen-bond donors (Lipinski definition) is 2. The molecule has 0 aromatic carbocycles.